The van der Waals surface area contributed by atoms with Crippen LogP contribution in [0, 0.1) is 11.6 Å². The van der Waals surface area contributed by atoms with E-state index in [9.17, 15) is 22.0 Å². The van der Waals surface area contributed by atoms with Gasteiger partial charge in [0.2, 0.25) is 15.9 Å². The Hall–Kier alpha value is -1.29. The Balaban J connectivity index is 0.00000484. The van der Waals surface area contributed by atoms with Crippen molar-refractivity contribution in [2.24, 2.45) is 0 Å². The minimum Gasteiger partial charge on any atom is -0.355 e. The van der Waals surface area contributed by atoms with Crippen LogP contribution >= 0.6 is 12.4 Å². The molecule has 0 aliphatic rings. The lowest BCUT2D eigenvalue weighted by atomic mass is 10.3. The predicted octanol–water partition coefficient (Wildman–Crippen LogP) is 0.779. The Morgan fingerprint density at radius 3 is 2.48 bits per heavy atom. The molecule has 23 heavy (non-hydrogen) atoms. The molecule has 0 aliphatic heterocycles. The minimum atomic E-state index is -3.98. The van der Waals surface area contributed by atoms with Gasteiger partial charge in [-0.25, -0.2) is 21.9 Å². The Morgan fingerprint density at radius 1 is 1.26 bits per heavy atom. The molecule has 0 aliphatic carbocycles. The summed E-state index contributed by atoms with van der Waals surface area (Å²) in [6.45, 7) is 2.17. The van der Waals surface area contributed by atoms with Crippen molar-refractivity contribution >= 4 is 28.3 Å². The van der Waals surface area contributed by atoms with Gasteiger partial charge >= 0.3 is 0 Å². The number of rotatable bonds is 8. The van der Waals surface area contributed by atoms with Crippen molar-refractivity contribution in [2.45, 2.75) is 24.3 Å². The highest BCUT2D eigenvalue weighted by atomic mass is 35.5. The molecule has 10 heteroatoms. The van der Waals surface area contributed by atoms with Crippen molar-refractivity contribution < 1.29 is 22.0 Å². The molecule has 0 aromatic heterocycles. The van der Waals surface area contributed by atoms with E-state index in [0.29, 0.717) is 12.6 Å². The topological polar surface area (TPSA) is 87.3 Å². The molecular weight excluding hydrogens is 352 g/mol. The molecule has 1 amide bonds. The molecule has 3 N–H and O–H groups in total. The molecule has 1 rings (SSSR count). The van der Waals surface area contributed by atoms with Crippen LogP contribution in [-0.4, -0.2) is 40.5 Å². The summed E-state index contributed by atoms with van der Waals surface area (Å²) in [4.78, 5) is 11.1. The van der Waals surface area contributed by atoms with Gasteiger partial charge in [-0.05, 0) is 32.2 Å². The van der Waals surface area contributed by atoms with Crippen LogP contribution in [0.2, 0.25) is 0 Å². The molecule has 0 radical (unpaired) electrons. The molecule has 0 bridgehead atoms. The molecular formula is C13H20ClF2N3O3S. The van der Waals surface area contributed by atoms with Gasteiger partial charge in [0.1, 0.15) is 0 Å². The molecule has 0 heterocycles. The molecule has 0 spiro atoms. The number of benzene rings is 1. The molecule has 1 atom stereocenters. The number of hydrogen-bond acceptors (Lipinski definition) is 4. The van der Waals surface area contributed by atoms with Gasteiger partial charge in [-0.2, -0.15) is 0 Å². The smallest absolute Gasteiger partial charge is 0.240 e. The van der Waals surface area contributed by atoms with Crippen LogP contribution in [0.3, 0.4) is 0 Å². The van der Waals surface area contributed by atoms with Crippen molar-refractivity contribution in [3.05, 3.63) is 29.8 Å². The SMILES string of the molecule is CNC(C)CNC(=O)CCNS(=O)(=O)c1ccc(F)c(F)c1.Cl. The van der Waals surface area contributed by atoms with E-state index in [2.05, 4.69) is 15.4 Å². The summed E-state index contributed by atoms with van der Waals surface area (Å²) < 4.78 is 51.7. The summed E-state index contributed by atoms with van der Waals surface area (Å²) in [5.74, 6) is -2.69. The van der Waals surface area contributed by atoms with E-state index in [1.807, 2.05) is 6.92 Å². The van der Waals surface area contributed by atoms with Gasteiger partial charge in [-0.15, -0.1) is 12.4 Å². The Kier molecular flexibility index (Phi) is 9.21. The van der Waals surface area contributed by atoms with Crippen molar-refractivity contribution in [2.75, 3.05) is 20.1 Å². The number of nitrogens with one attached hydrogen (secondary N) is 3. The second-order valence-corrected chi connectivity index (χ2v) is 6.48. The third kappa shape index (κ3) is 7.21. The first-order valence-corrected chi connectivity index (χ1v) is 8.13. The number of carbonyl (C=O) groups excluding carboxylic acids is 1. The molecule has 1 aromatic rings. The third-order valence-corrected chi connectivity index (χ3v) is 4.40. The van der Waals surface area contributed by atoms with E-state index in [1.54, 1.807) is 7.05 Å². The van der Waals surface area contributed by atoms with E-state index >= 15 is 0 Å². The second-order valence-electron chi connectivity index (χ2n) is 4.72. The molecule has 0 saturated carbocycles. The van der Waals surface area contributed by atoms with Gasteiger partial charge in [0.15, 0.2) is 11.6 Å². The molecule has 0 saturated heterocycles. The van der Waals surface area contributed by atoms with Crippen LogP contribution in [-0.2, 0) is 14.8 Å². The van der Waals surface area contributed by atoms with Gasteiger partial charge in [0, 0.05) is 25.6 Å². The van der Waals surface area contributed by atoms with E-state index in [-0.39, 0.29) is 37.3 Å². The monoisotopic (exact) mass is 371 g/mol. The van der Waals surface area contributed by atoms with Crippen LogP contribution in [0.25, 0.3) is 0 Å². The van der Waals surface area contributed by atoms with Crippen molar-refractivity contribution in [3.8, 4) is 0 Å². The van der Waals surface area contributed by atoms with E-state index in [1.165, 1.54) is 0 Å². The first-order valence-electron chi connectivity index (χ1n) is 6.65. The largest absolute Gasteiger partial charge is 0.355 e. The third-order valence-electron chi connectivity index (χ3n) is 2.94. The molecule has 0 fully saturated rings. The lowest BCUT2D eigenvalue weighted by Crippen LogP contribution is -2.38. The highest BCUT2D eigenvalue weighted by Gasteiger charge is 2.16. The number of likely N-dealkylation sites (N-methyl/N-ethyl adjacent to an activating group) is 1. The minimum absolute atomic E-state index is 0. The maximum Gasteiger partial charge on any atom is 0.240 e. The molecule has 1 aromatic carbocycles. The van der Waals surface area contributed by atoms with Gasteiger partial charge in [0.05, 0.1) is 4.90 Å². The van der Waals surface area contributed by atoms with E-state index < -0.39 is 26.6 Å². The fourth-order valence-corrected chi connectivity index (χ4v) is 2.53. The highest BCUT2D eigenvalue weighted by Crippen LogP contribution is 2.13. The Morgan fingerprint density at radius 2 is 1.91 bits per heavy atom. The van der Waals surface area contributed by atoms with Crippen LogP contribution in [0.4, 0.5) is 8.78 Å². The summed E-state index contributed by atoms with van der Waals surface area (Å²) in [7, 11) is -2.22. The Labute approximate surface area is 140 Å². The Bertz CT molecular complexity index is 629. The van der Waals surface area contributed by atoms with E-state index in [0.717, 1.165) is 12.1 Å². The zero-order valence-corrected chi connectivity index (χ0v) is 14.4. The molecule has 6 nitrogen and oxygen atoms in total. The van der Waals surface area contributed by atoms with Gasteiger partial charge in [-0.1, -0.05) is 0 Å². The summed E-state index contributed by atoms with van der Waals surface area (Å²) in [6, 6.07) is 2.38. The average Bonchev–Trinajstić information content (AvgIpc) is 2.47. The van der Waals surface area contributed by atoms with Crippen LogP contribution < -0.4 is 15.4 Å². The van der Waals surface area contributed by atoms with Crippen molar-refractivity contribution in [1.82, 2.24) is 15.4 Å². The lowest BCUT2D eigenvalue weighted by molar-refractivity contribution is -0.121. The maximum atomic E-state index is 13.0. The predicted molar refractivity (Wildman–Crippen MR) is 84.9 cm³/mol. The normalized spacial score (nSPS) is 12.3. The molecule has 1 unspecified atom stereocenters. The number of hydrogen-bond donors (Lipinski definition) is 3. The molecule has 132 valence electrons. The van der Waals surface area contributed by atoms with Gasteiger partial charge < -0.3 is 10.6 Å². The number of sulfonamides is 1. The second kappa shape index (κ2) is 9.76. The average molecular weight is 372 g/mol. The maximum absolute atomic E-state index is 13.0. The number of carbonyl (C=O) groups is 1. The quantitative estimate of drug-likeness (QED) is 0.630. The van der Waals surface area contributed by atoms with Crippen molar-refractivity contribution in [1.29, 1.82) is 0 Å². The standard InChI is InChI=1S/C13H19F2N3O3S.ClH/c1-9(16-2)8-17-13(19)5-6-18-22(20,21)10-3-4-11(14)12(15)7-10;/h3-4,7,9,16,18H,5-6,8H2,1-2H3,(H,17,19);1H. The fourth-order valence-electron chi connectivity index (χ4n) is 1.48. The van der Waals surface area contributed by atoms with Crippen LogP contribution in [0.1, 0.15) is 13.3 Å². The van der Waals surface area contributed by atoms with Crippen LogP contribution in [0.15, 0.2) is 23.1 Å². The number of halogens is 3. The van der Waals surface area contributed by atoms with Gasteiger partial charge in [0.25, 0.3) is 0 Å². The highest BCUT2D eigenvalue weighted by molar-refractivity contribution is 7.89. The lowest BCUT2D eigenvalue weighted by Gasteiger charge is -2.11. The number of amides is 1. The first-order chi connectivity index (χ1) is 10.3. The summed E-state index contributed by atoms with van der Waals surface area (Å²) in [6.07, 6.45) is -0.0562. The van der Waals surface area contributed by atoms with E-state index in [4.69, 9.17) is 0 Å². The summed E-state index contributed by atoms with van der Waals surface area (Å²) in [5, 5.41) is 5.57. The first kappa shape index (κ1) is 21.7. The zero-order chi connectivity index (χ0) is 16.8. The van der Waals surface area contributed by atoms with Gasteiger partial charge in [-0.3, -0.25) is 4.79 Å². The summed E-state index contributed by atoms with van der Waals surface area (Å²) >= 11 is 0. The fraction of sp³-hybridized carbons (Fsp3) is 0.462. The van der Waals surface area contributed by atoms with Crippen molar-refractivity contribution in [3.63, 3.8) is 0 Å². The zero-order valence-electron chi connectivity index (χ0n) is 12.7. The summed E-state index contributed by atoms with van der Waals surface area (Å²) in [5.41, 5.74) is 0. The van der Waals surface area contributed by atoms with Crippen LogP contribution in [0.5, 0.6) is 0 Å².